The van der Waals surface area contributed by atoms with Crippen LogP contribution in [0.15, 0.2) is 18.2 Å². The molecule has 122 valence electrons. The smallest absolute Gasteiger partial charge is 0.411 e. The number of nitrogens with zero attached hydrogens (tertiary/aromatic N) is 1. The minimum atomic E-state index is -1.74. The topological polar surface area (TPSA) is 66.8 Å². The maximum Gasteiger partial charge on any atom is 0.411 e. The Bertz CT molecular complexity index is 594. The average Bonchev–Trinajstić information content (AvgIpc) is 2.37. The van der Waals surface area contributed by atoms with Crippen molar-refractivity contribution in [3.8, 4) is 0 Å². The Morgan fingerprint density at radius 1 is 1.23 bits per heavy atom. The fraction of sp³-hybridized carbons (Fsp3) is 0.500. The van der Waals surface area contributed by atoms with Crippen molar-refractivity contribution < 1.29 is 23.8 Å². The lowest BCUT2D eigenvalue weighted by Crippen LogP contribution is -2.52. The van der Waals surface area contributed by atoms with Gasteiger partial charge in [-0.15, -0.1) is 0 Å². The number of benzene rings is 1. The number of likely N-dealkylation sites (N-methyl/N-ethyl adjacent to an activating group) is 1. The number of rotatable bonds is 3. The number of halogens is 1. The van der Waals surface area contributed by atoms with Gasteiger partial charge in [0.05, 0.1) is 0 Å². The Morgan fingerprint density at radius 3 is 2.18 bits per heavy atom. The van der Waals surface area contributed by atoms with Crippen LogP contribution in [-0.2, 0) is 15.1 Å². The van der Waals surface area contributed by atoms with Crippen molar-refractivity contribution in [1.82, 2.24) is 4.90 Å². The SMILES string of the molecule is Cc1ccc(C(C)(C(=O)O)N(C)C(=O)OC(C)(C)C)cc1F. The minimum absolute atomic E-state index is 0.163. The summed E-state index contributed by atoms with van der Waals surface area (Å²) in [6, 6.07) is 4.10. The van der Waals surface area contributed by atoms with Crippen molar-refractivity contribution in [3.05, 3.63) is 35.1 Å². The van der Waals surface area contributed by atoms with Crippen LogP contribution in [0.25, 0.3) is 0 Å². The molecular weight excluding hydrogens is 289 g/mol. The maximum atomic E-state index is 13.8. The normalized spacial score (nSPS) is 14.1. The van der Waals surface area contributed by atoms with E-state index in [1.807, 2.05) is 0 Å². The molecule has 0 saturated carbocycles. The summed E-state index contributed by atoms with van der Waals surface area (Å²) in [6.45, 7) is 7.96. The molecule has 5 nitrogen and oxygen atoms in total. The Morgan fingerprint density at radius 2 is 1.77 bits per heavy atom. The van der Waals surface area contributed by atoms with Gasteiger partial charge in [-0.1, -0.05) is 12.1 Å². The van der Waals surface area contributed by atoms with Gasteiger partial charge in [0.2, 0.25) is 0 Å². The number of carboxylic acids is 1. The van der Waals surface area contributed by atoms with Gasteiger partial charge in [0.1, 0.15) is 11.4 Å². The zero-order valence-corrected chi connectivity index (χ0v) is 13.7. The number of amides is 1. The molecule has 1 N–H and O–H groups in total. The van der Waals surface area contributed by atoms with Crippen molar-refractivity contribution in [2.45, 2.75) is 45.8 Å². The number of hydrogen-bond donors (Lipinski definition) is 1. The average molecular weight is 311 g/mol. The quantitative estimate of drug-likeness (QED) is 0.930. The largest absolute Gasteiger partial charge is 0.479 e. The lowest BCUT2D eigenvalue weighted by molar-refractivity contribution is -0.150. The summed E-state index contributed by atoms with van der Waals surface area (Å²) in [7, 11) is 1.32. The molecule has 0 heterocycles. The molecule has 1 rings (SSSR count). The molecule has 22 heavy (non-hydrogen) atoms. The van der Waals surface area contributed by atoms with Crippen molar-refractivity contribution in [2.24, 2.45) is 0 Å². The second-order valence-corrected chi connectivity index (χ2v) is 6.38. The summed E-state index contributed by atoms with van der Waals surface area (Å²) >= 11 is 0. The van der Waals surface area contributed by atoms with Crippen molar-refractivity contribution in [3.63, 3.8) is 0 Å². The van der Waals surface area contributed by atoms with Crippen LogP contribution in [-0.4, -0.2) is 34.7 Å². The van der Waals surface area contributed by atoms with E-state index in [4.69, 9.17) is 4.74 Å². The van der Waals surface area contributed by atoms with Crippen LogP contribution >= 0.6 is 0 Å². The molecule has 1 aromatic rings. The van der Waals surface area contributed by atoms with Crippen LogP contribution in [0.3, 0.4) is 0 Å². The summed E-state index contributed by atoms with van der Waals surface area (Å²) in [5, 5.41) is 9.59. The van der Waals surface area contributed by atoms with Crippen molar-refractivity contribution in [1.29, 1.82) is 0 Å². The molecule has 0 aliphatic carbocycles. The highest BCUT2D eigenvalue weighted by Crippen LogP contribution is 2.30. The van der Waals surface area contributed by atoms with E-state index in [1.165, 1.54) is 26.1 Å². The number of aliphatic carboxylic acids is 1. The number of aryl methyl sites for hydroxylation is 1. The van der Waals surface area contributed by atoms with Gasteiger partial charge in [0.15, 0.2) is 5.54 Å². The van der Waals surface area contributed by atoms with Gasteiger partial charge in [-0.25, -0.2) is 14.0 Å². The van der Waals surface area contributed by atoms with E-state index in [2.05, 4.69) is 0 Å². The van der Waals surface area contributed by atoms with Gasteiger partial charge in [-0.2, -0.15) is 0 Å². The highest BCUT2D eigenvalue weighted by molar-refractivity contribution is 5.85. The zero-order chi connectivity index (χ0) is 17.3. The molecular formula is C16H22FNO4. The molecule has 0 bridgehead atoms. The fourth-order valence-electron chi connectivity index (χ4n) is 1.87. The number of carboxylic acid groups (broad SMARTS) is 1. The first kappa shape index (κ1) is 17.9. The molecule has 0 radical (unpaired) electrons. The van der Waals surface area contributed by atoms with Gasteiger partial charge >= 0.3 is 12.1 Å². The summed E-state index contributed by atoms with van der Waals surface area (Å²) in [6.07, 6.45) is -0.793. The molecule has 0 aliphatic heterocycles. The van der Waals surface area contributed by atoms with E-state index < -0.39 is 29.0 Å². The molecule has 1 amide bonds. The number of carbonyl (C=O) groups excluding carboxylic acids is 1. The molecule has 0 saturated heterocycles. The van der Waals surface area contributed by atoms with Crippen molar-refractivity contribution in [2.75, 3.05) is 7.05 Å². The molecule has 0 aromatic heterocycles. The number of ether oxygens (including phenoxy) is 1. The summed E-state index contributed by atoms with van der Waals surface area (Å²) in [4.78, 5) is 24.9. The predicted molar refractivity (Wildman–Crippen MR) is 80.1 cm³/mol. The highest BCUT2D eigenvalue weighted by Gasteiger charge is 2.44. The minimum Gasteiger partial charge on any atom is -0.479 e. The van der Waals surface area contributed by atoms with Crippen LogP contribution in [0.2, 0.25) is 0 Å². The monoisotopic (exact) mass is 311 g/mol. The summed E-state index contributed by atoms with van der Waals surface area (Å²) in [5.41, 5.74) is -1.94. The van der Waals surface area contributed by atoms with Crippen molar-refractivity contribution >= 4 is 12.1 Å². The maximum absolute atomic E-state index is 13.8. The van der Waals surface area contributed by atoms with Gasteiger partial charge in [-0.05, 0) is 51.8 Å². The standard InChI is InChI=1S/C16H22FNO4/c1-10-7-8-11(9-12(10)17)16(5,13(19)20)18(6)14(21)22-15(2,3)4/h7-9H,1-6H3,(H,19,20). The third-order valence-corrected chi connectivity index (χ3v) is 3.49. The summed E-state index contributed by atoms with van der Waals surface area (Å²) in [5.74, 6) is -1.80. The lowest BCUT2D eigenvalue weighted by Gasteiger charge is -2.36. The van der Waals surface area contributed by atoms with E-state index in [0.29, 0.717) is 5.56 Å². The van der Waals surface area contributed by atoms with Crippen LogP contribution < -0.4 is 0 Å². The van der Waals surface area contributed by atoms with Gasteiger partial charge < -0.3 is 9.84 Å². The van der Waals surface area contributed by atoms with E-state index >= 15 is 0 Å². The van der Waals surface area contributed by atoms with E-state index in [9.17, 15) is 19.1 Å². The second-order valence-electron chi connectivity index (χ2n) is 6.38. The Labute approximate surface area is 129 Å². The van der Waals surface area contributed by atoms with Gasteiger partial charge in [0, 0.05) is 7.05 Å². The van der Waals surface area contributed by atoms with Crippen LogP contribution in [0.1, 0.15) is 38.8 Å². The Balaban J connectivity index is 3.28. The molecule has 0 fully saturated rings. The first-order valence-corrected chi connectivity index (χ1v) is 6.86. The highest BCUT2D eigenvalue weighted by atomic mass is 19.1. The fourth-order valence-corrected chi connectivity index (χ4v) is 1.87. The predicted octanol–water partition coefficient (Wildman–Crippen LogP) is 3.30. The third kappa shape index (κ3) is 3.55. The molecule has 0 spiro atoms. The molecule has 1 aromatic carbocycles. The van der Waals surface area contributed by atoms with E-state index in [-0.39, 0.29) is 5.56 Å². The lowest BCUT2D eigenvalue weighted by atomic mass is 9.90. The van der Waals surface area contributed by atoms with Gasteiger partial charge in [0.25, 0.3) is 0 Å². The first-order chi connectivity index (χ1) is 9.89. The third-order valence-electron chi connectivity index (χ3n) is 3.49. The molecule has 1 atom stereocenters. The van der Waals surface area contributed by atoms with Crippen LogP contribution in [0.4, 0.5) is 9.18 Å². The second kappa shape index (κ2) is 5.94. The van der Waals surface area contributed by atoms with Crippen LogP contribution in [0, 0.1) is 12.7 Å². The van der Waals surface area contributed by atoms with Gasteiger partial charge in [-0.3, -0.25) is 4.90 Å². The number of carbonyl (C=O) groups is 2. The van der Waals surface area contributed by atoms with E-state index in [0.717, 1.165) is 11.0 Å². The van der Waals surface area contributed by atoms with E-state index in [1.54, 1.807) is 27.7 Å². The Kier molecular flexibility index (Phi) is 4.85. The first-order valence-electron chi connectivity index (χ1n) is 6.86. The Hall–Kier alpha value is -2.11. The zero-order valence-electron chi connectivity index (χ0n) is 13.7. The molecule has 6 heteroatoms. The molecule has 0 aliphatic rings. The summed E-state index contributed by atoms with van der Waals surface area (Å²) < 4.78 is 19.0. The number of hydrogen-bond acceptors (Lipinski definition) is 3. The van der Waals surface area contributed by atoms with Crippen LogP contribution in [0.5, 0.6) is 0 Å². The molecule has 1 unspecified atom stereocenters.